The average Bonchev–Trinajstić information content (AvgIpc) is 3.03. The van der Waals surface area contributed by atoms with Crippen LogP contribution in [0, 0.1) is 0 Å². The van der Waals surface area contributed by atoms with Crippen molar-refractivity contribution >= 4 is 11.6 Å². The summed E-state index contributed by atoms with van der Waals surface area (Å²) in [5.74, 6) is 0.753. The van der Waals surface area contributed by atoms with E-state index in [4.69, 9.17) is 16.3 Å². The molecule has 0 spiro atoms. The van der Waals surface area contributed by atoms with Gasteiger partial charge in [0.25, 0.3) is 0 Å². The van der Waals surface area contributed by atoms with Crippen LogP contribution in [0.25, 0.3) is 0 Å². The van der Waals surface area contributed by atoms with E-state index in [1.807, 2.05) is 12.1 Å². The van der Waals surface area contributed by atoms with E-state index in [0.29, 0.717) is 5.02 Å². The maximum Gasteiger partial charge on any atom is 0.137 e. The van der Waals surface area contributed by atoms with Gasteiger partial charge in [0.15, 0.2) is 0 Å². The Morgan fingerprint density at radius 1 is 1.13 bits per heavy atom. The minimum atomic E-state index is 0.705. The third-order valence-electron chi connectivity index (χ3n) is 5.24. The van der Waals surface area contributed by atoms with Gasteiger partial charge in [0, 0.05) is 51.9 Å². The normalized spacial score (nSPS) is 24.2. The molecule has 1 aromatic carbocycles. The molecule has 0 radical (unpaired) electrons. The summed E-state index contributed by atoms with van der Waals surface area (Å²) in [6.45, 7) is 11.7. The minimum Gasteiger partial charge on any atom is -0.495 e. The monoisotopic (exact) mass is 337 g/mol. The molecule has 3 rings (SSSR count). The number of benzene rings is 1. The lowest BCUT2D eigenvalue weighted by atomic mass is 10.2. The number of halogens is 1. The van der Waals surface area contributed by atoms with E-state index < -0.39 is 0 Å². The van der Waals surface area contributed by atoms with E-state index in [9.17, 15) is 0 Å². The standard InChI is InChI=1S/C18H28ClN3O/c1-3-20-8-10-22(11-9-20)16-6-7-21(14-16)13-15-4-5-18(23-2)17(19)12-15/h4-5,12,16H,3,6-11,13-14H2,1-2H3/t16-/m1/s1. The quantitative estimate of drug-likeness (QED) is 0.822. The second-order valence-electron chi connectivity index (χ2n) is 6.62. The number of ether oxygens (including phenoxy) is 1. The molecule has 1 atom stereocenters. The molecule has 1 aromatic rings. The summed E-state index contributed by atoms with van der Waals surface area (Å²) in [6.07, 6.45) is 1.29. The minimum absolute atomic E-state index is 0.705. The maximum absolute atomic E-state index is 6.24. The molecular formula is C18H28ClN3O. The van der Waals surface area contributed by atoms with E-state index >= 15 is 0 Å². The van der Waals surface area contributed by atoms with Crippen molar-refractivity contribution in [2.45, 2.75) is 25.9 Å². The van der Waals surface area contributed by atoms with Crippen LogP contribution in [0.5, 0.6) is 5.75 Å². The Bertz CT molecular complexity index is 517. The van der Waals surface area contributed by atoms with Gasteiger partial charge in [0.2, 0.25) is 0 Å². The molecule has 4 nitrogen and oxygen atoms in total. The summed E-state index contributed by atoms with van der Waals surface area (Å²) < 4.78 is 5.23. The first-order valence-corrected chi connectivity index (χ1v) is 9.08. The highest BCUT2D eigenvalue weighted by atomic mass is 35.5. The lowest BCUT2D eigenvalue weighted by molar-refractivity contribution is 0.101. The predicted octanol–water partition coefficient (Wildman–Crippen LogP) is 2.56. The van der Waals surface area contributed by atoms with Crippen LogP contribution >= 0.6 is 11.6 Å². The summed E-state index contributed by atoms with van der Waals surface area (Å²) in [7, 11) is 1.66. The molecule has 0 aliphatic carbocycles. The number of piperazine rings is 1. The fourth-order valence-electron chi connectivity index (χ4n) is 3.77. The molecule has 0 N–H and O–H groups in total. The molecule has 128 valence electrons. The van der Waals surface area contributed by atoms with Gasteiger partial charge in [-0.15, -0.1) is 0 Å². The molecule has 2 fully saturated rings. The van der Waals surface area contributed by atoms with Gasteiger partial charge in [-0.3, -0.25) is 9.80 Å². The number of methoxy groups -OCH3 is 1. The van der Waals surface area contributed by atoms with Gasteiger partial charge in [-0.2, -0.15) is 0 Å². The number of likely N-dealkylation sites (N-methyl/N-ethyl adjacent to an activating group) is 1. The van der Waals surface area contributed by atoms with Crippen molar-refractivity contribution in [1.82, 2.24) is 14.7 Å². The molecule has 0 aromatic heterocycles. The second-order valence-corrected chi connectivity index (χ2v) is 7.02. The summed E-state index contributed by atoms with van der Waals surface area (Å²) in [5, 5.41) is 0.705. The SMILES string of the molecule is CCN1CCN([C@@H]2CCN(Cc3ccc(OC)c(Cl)c3)C2)CC1. The van der Waals surface area contributed by atoms with Gasteiger partial charge in [-0.25, -0.2) is 0 Å². The highest BCUT2D eigenvalue weighted by molar-refractivity contribution is 6.32. The summed E-state index contributed by atoms with van der Waals surface area (Å²) in [5.41, 5.74) is 1.27. The molecule has 2 heterocycles. The molecule has 2 saturated heterocycles. The predicted molar refractivity (Wildman–Crippen MR) is 95.4 cm³/mol. The van der Waals surface area contributed by atoms with E-state index in [0.717, 1.165) is 18.3 Å². The average molecular weight is 338 g/mol. The van der Waals surface area contributed by atoms with Gasteiger partial charge in [0.1, 0.15) is 5.75 Å². The third-order valence-corrected chi connectivity index (χ3v) is 5.54. The molecular weight excluding hydrogens is 310 g/mol. The Balaban J connectivity index is 1.51. The van der Waals surface area contributed by atoms with Gasteiger partial charge in [-0.05, 0) is 30.7 Å². The van der Waals surface area contributed by atoms with Crippen LogP contribution in [-0.4, -0.2) is 73.7 Å². The van der Waals surface area contributed by atoms with Crippen LogP contribution < -0.4 is 4.74 Å². The van der Waals surface area contributed by atoms with Crippen molar-refractivity contribution in [1.29, 1.82) is 0 Å². The maximum atomic E-state index is 6.24. The topological polar surface area (TPSA) is 19.0 Å². The lowest BCUT2D eigenvalue weighted by Gasteiger charge is -2.37. The van der Waals surface area contributed by atoms with E-state index in [-0.39, 0.29) is 0 Å². The molecule has 0 bridgehead atoms. The first-order valence-electron chi connectivity index (χ1n) is 8.70. The van der Waals surface area contributed by atoms with Crippen molar-refractivity contribution in [3.05, 3.63) is 28.8 Å². The van der Waals surface area contributed by atoms with E-state index in [1.54, 1.807) is 7.11 Å². The smallest absolute Gasteiger partial charge is 0.137 e. The number of hydrogen-bond acceptors (Lipinski definition) is 4. The van der Waals surface area contributed by atoms with Crippen LogP contribution in [0.15, 0.2) is 18.2 Å². The lowest BCUT2D eigenvalue weighted by Crippen LogP contribution is -2.50. The van der Waals surface area contributed by atoms with E-state index in [1.165, 1.54) is 57.8 Å². The van der Waals surface area contributed by atoms with Crippen molar-refractivity contribution in [2.24, 2.45) is 0 Å². The van der Waals surface area contributed by atoms with Crippen molar-refractivity contribution in [3.63, 3.8) is 0 Å². The summed E-state index contributed by atoms with van der Waals surface area (Å²) >= 11 is 6.24. The molecule has 5 heteroatoms. The third kappa shape index (κ3) is 4.18. The Kier molecular flexibility index (Phi) is 5.81. The van der Waals surface area contributed by atoms with Crippen molar-refractivity contribution in [2.75, 3.05) is 52.9 Å². The highest BCUT2D eigenvalue weighted by Crippen LogP contribution is 2.26. The van der Waals surface area contributed by atoms with Gasteiger partial charge < -0.3 is 9.64 Å². The fraction of sp³-hybridized carbons (Fsp3) is 0.667. The Hall–Kier alpha value is -0.810. The van der Waals surface area contributed by atoms with Crippen LogP contribution in [0.2, 0.25) is 5.02 Å². The molecule has 0 saturated carbocycles. The number of rotatable bonds is 5. The van der Waals surface area contributed by atoms with Crippen LogP contribution in [-0.2, 0) is 6.54 Å². The number of hydrogen-bond donors (Lipinski definition) is 0. The number of nitrogens with zero attached hydrogens (tertiary/aromatic N) is 3. The van der Waals surface area contributed by atoms with Gasteiger partial charge in [0.05, 0.1) is 12.1 Å². The van der Waals surface area contributed by atoms with Crippen LogP contribution in [0.3, 0.4) is 0 Å². The molecule has 2 aliphatic heterocycles. The first kappa shape index (κ1) is 17.0. The largest absolute Gasteiger partial charge is 0.495 e. The van der Waals surface area contributed by atoms with Crippen LogP contribution in [0.1, 0.15) is 18.9 Å². The molecule has 0 amide bonds. The zero-order valence-corrected chi connectivity index (χ0v) is 15.1. The zero-order valence-electron chi connectivity index (χ0n) is 14.3. The summed E-state index contributed by atoms with van der Waals surface area (Å²) in [4.78, 5) is 7.78. The number of likely N-dealkylation sites (tertiary alicyclic amines) is 1. The van der Waals surface area contributed by atoms with E-state index in [2.05, 4.69) is 27.7 Å². The Morgan fingerprint density at radius 3 is 2.57 bits per heavy atom. The Morgan fingerprint density at radius 2 is 1.91 bits per heavy atom. The fourth-order valence-corrected chi connectivity index (χ4v) is 4.05. The van der Waals surface area contributed by atoms with Crippen molar-refractivity contribution < 1.29 is 4.74 Å². The van der Waals surface area contributed by atoms with Gasteiger partial charge >= 0.3 is 0 Å². The molecule has 0 unspecified atom stereocenters. The zero-order chi connectivity index (χ0) is 16.2. The van der Waals surface area contributed by atoms with Crippen LogP contribution in [0.4, 0.5) is 0 Å². The Labute approximate surface area is 144 Å². The summed E-state index contributed by atoms with van der Waals surface area (Å²) in [6, 6.07) is 6.85. The molecule has 23 heavy (non-hydrogen) atoms. The first-order chi connectivity index (χ1) is 11.2. The molecule has 2 aliphatic rings. The highest BCUT2D eigenvalue weighted by Gasteiger charge is 2.29. The van der Waals surface area contributed by atoms with Gasteiger partial charge in [-0.1, -0.05) is 24.6 Å². The van der Waals surface area contributed by atoms with Crippen molar-refractivity contribution in [3.8, 4) is 5.75 Å². The second kappa shape index (κ2) is 7.84.